The normalized spacial score (nSPS) is 14.8. The van der Waals surface area contributed by atoms with E-state index in [1.807, 2.05) is 6.07 Å². The third kappa shape index (κ3) is 4.52. The van der Waals surface area contributed by atoms with Crippen molar-refractivity contribution in [3.05, 3.63) is 46.5 Å². The zero-order valence-corrected chi connectivity index (χ0v) is 17.6. The highest BCUT2D eigenvalue weighted by atomic mass is 32.1. The van der Waals surface area contributed by atoms with Crippen molar-refractivity contribution in [2.75, 3.05) is 23.7 Å². The average molecular weight is 411 g/mol. The molecule has 29 heavy (non-hydrogen) atoms. The molecule has 1 aliphatic rings. The minimum absolute atomic E-state index is 0.121. The predicted molar refractivity (Wildman–Crippen MR) is 119 cm³/mol. The fourth-order valence-electron chi connectivity index (χ4n) is 3.84. The number of thiophene rings is 1. The number of benzene rings is 1. The summed E-state index contributed by atoms with van der Waals surface area (Å²) in [5.41, 5.74) is 4.35. The Morgan fingerprint density at radius 3 is 2.38 bits per heavy atom. The first-order valence-corrected chi connectivity index (χ1v) is 10.8. The number of hydrogen-bond acceptors (Lipinski definition) is 4. The van der Waals surface area contributed by atoms with Crippen molar-refractivity contribution >= 4 is 44.7 Å². The van der Waals surface area contributed by atoms with E-state index in [0.717, 1.165) is 29.9 Å². The van der Waals surface area contributed by atoms with Crippen LogP contribution in [0.5, 0.6) is 0 Å². The van der Waals surface area contributed by atoms with E-state index in [1.165, 1.54) is 36.6 Å². The molecule has 3 heterocycles. The number of anilines is 2. The zero-order chi connectivity index (χ0) is 20.4. The van der Waals surface area contributed by atoms with Gasteiger partial charge in [-0.2, -0.15) is 0 Å². The Morgan fingerprint density at radius 1 is 1.07 bits per heavy atom. The molecule has 3 N–H and O–H groups in total. The summed E-state index contributed by atoms with van der Waals surface area (Å²) in [4.78, 5) is 31.0. The van der Waals surface area contributed by atoms with Crippen LogP contribution >= 0.6 is 11.3 Å². The van der Waals surface area contributed by atoms with E-state index in [9.17, 15) is 9.59 Å². The highest BCUT2D eigenvalue weighted by Gasteiger charge is 2.19. The Hall–Kier alpha value is -2.64. The topological polar surface area (TPSA) is 77.2 Å². The molecule has 1 aliphatic heterocycles. The molecule has 0 unspecified atom stereocenters. The number of piperidine rings is 1. The minimum Gasteiger partial charge on any atom is -0.350 e. The van der Waals surface area contributed by atoms with Crippen LogP contribution in [0.25, 0.3) is 10.2 Å². The Labute approximate surface area is 174 Å². The highest BCUT2D eigenvalue weighted by molar-refractivity contribution is 7.19. The van der Waals surface area contributed by atoms with Crippen LogP contribution < -0.4 is 10.6 Å². The van der Waals surface area contributed by atoms with Gasteiger partial charge in [-0.3, -0.25) is 14.5 Å². The lowest BCUT2D eigenvalue weighted by molar-refractivity contribution is -0.114. The van der Waals surface area contributed by atoms with Gasteiger partial charge in [-0.1, -0.05) is 6.42 Å². The summed E-state index contributed by atoms with van der Waals surface area (Å²) in [7, 11) is 0. The van der Waals surface area contributed by atoms with E-state index >= 15 is 0 Å². The highest BCUT2D eigenvalue weighted by Crippen LogP contribution is 2.33. The predicted octanol–water partition coefficient (Wildman–Crippen LogP) is 4.73. The number of carbonyl (C=O) groups excluding carboxylic acids is 2. The number of hydrogen-bond donors (Lipinski definition) is 3. The van der Waals surface area contributed by atoms with Crippen molar-refractivity contribution in [2.45, 2.75) is 39.7 Å². The van der Waals surface area contributed by atoms with Crippen molar-refractivity contribution in [2.24, 2.45) is 0 Å². The van der Waals surface area contributed by atoms with Gasteiger partial charge in [0.15, 0.2) is 0 Å². The van der Waals surface area contributed by atoms with Gasteiger partial charge in [0.1, 0.15) is 5.69 Å². The Kier molecular flexibility index (Phi) is 5.69. The Balaban J connectivity index is 1.48. The van der Waals surface area contributed by atoms with E-state index in [1.54, 1.807) is 35.6 Å². The summed E-state index contributed by atoms with van der Waals surface area (Å²) in [6.45, 7) is 6.87. The van der Waals surface area contributed by atoms with Crippen molar-refractivity contribution < 1.29 is 9.59 Å². The summed E-state index contributed by atoms with van der Waals surface area (Å²) < 4.78 is 1.13. The minimum atomic E-state index is -0.165. The fraction of sp³-hybridized carbons (Fsp3) is 0.364. The lowest BCUT2D eigenvalue weighted by Crippen LogP contribution is -2.29. The number of nitrogens with zero attached hydrogens (tertiary/aromatic N) is 1. The number of aromatic nitrogens is 1. The molecule has 7 heteroatoms. The molecule has 3 aromatic rings. The number of carbonyl (C=O) groups is 2. The largest absolute Gasteiger partial charge is 0.350 e. The quantitative estimate of drug-likeness (QED) is 0.569. The monoisotopic (exact) mass is 410 g/mol. The molecule has 1 saturated heterocycles. The van der Waals surface area contributed by atoms with Crippen LogP contribution in [0.1, 0.15) is 47.1 Å². The van der Waals surface area contributed by atoms with Gasteiger partial charge in [-0.15, -0.1) is 11.3 Å². The van der Waals surface area contributed by atoms with E-state index in [2.05, 4.69) is 27.4 Å². The van der Waals surface area contributed by atoms with Gasteiger partial charge in [0.25, 0.3) is 5.91 Å². The molecule has 0 saturated carbocycles. The lowest BCUT2D eigenvalue weighted by atomic mass is 10.1. The molecular weight excluding hydrogens is 384 g/mol. The fourth-order valence-corrected chi connectivity index (χ4v) is 4.91. The van der Waals surface area contributed by atoms with Crippen LogP contribution in [-0.4, -0.2) is 34.8 Å². The number of nitrogens with one attached hydrogen (secondary N) is 3. The summed E-state index contributed by atoms with van der Waals surface area (Å²) in [5.74, 6) is -0.286. The third-order valence-corrected chi connectivity index (χ3v) is 6.40. The van der Waals surface area contributed by atoms with Crippen molar-refractivity contribution in [3.8, 4) is 0 Å². The maximum absolute atomic E-state index is 12.7. The van der Waals surface area contributed by atoms with Gasteiger partial charge in [0.05, 0.1) is 10.2 Å². The van der Waals surface area contributed by atoms with Crippen LogP contribution in [-0.2, 0) is 11.3 Å². The van der Waals surface area contributed by atoms with E-state index in [0.29, 0.717) is 17.1 Å². The summed E-state index contributed by atoms with van der Waals surface area (Å²) in [5, 5.41) is 5.63. The van der Waals surface area contributed by atoms with Gasteiger partial charge in [-0.05, 0) is 63.2 Å². The summed E-state index contributed by atoms with van der Waals surface area (Å²) in [6.07, 6.45) is 3.87. The molecule has 0 aliphatic carbocycles. The standard InChI is InChI=1S/C22H26N4O2S/c1-14-18(13-26-10-4-3-5-11-26)21-20(29-14)12-19(25-21)22(28)24-17-8-6-16(7-9-17)23-15(2)27/h6-9,12,25H,3-5,10-11,13H2,1-2H3,(H,23,27)(H,24,28). The molecule has 6 nitrogen and oxygen atoms in total. The number of aromatic amines is 1. The smallest absolute Gasteiger partial charge is 0.272 e. The van der Waals surface area contributed by atoms with Crippen LogP contribution in [0.15, 0.2) is 30.3 Å². The Bertz CT molecular complexity index is 1030. The number of fused-ring (bicyclic) bond motifs is 1. The second-order valence-corrected chi connectivity index (χ2v) is 8.86. The molecule has 2 aromatic heterocycles. The third-order valence-electron chi connectivity index (χ3n) is 5.31. The summed E-state index contributed by atoms with van der Waals surface area (Å²) in [6, 6.07) is 9.03. The van der Waals surface area contributed by atoms with Crippen LogP contribution in [0.2, 0.25) is 0 Å². The van der Waals surface area contributed by atoms with Gasteiger partial charge in [0.2, 0.25) is 5.91 Å². The first kappa shape index (κ1) is 19.7. The SMILES string of the molecule is CC(=O)Nc1ccc(NC(=O)c2cc3sc(C)c(CN4CCCCC4)c3[nH]2)cc1. The first-order valence-electron chi connectivity index (χ1n) is 10.0. The molecule has 0 atom stereocenters. The van der Waals surface area contributed by atoms with E-state index < -0.39 is 0 Å². The van der Waals surface area contributed by atoms with E-state index in [4.69, 9.17) is 0 Å². The van der Waals surface area contributed by atoms with Crippen LogP contribution in [0, 0.1) is 6.92 Å². The van der Waals surface area contributed by atoms with Gasteiger partial charge < -0.3 is 15.6 Å². The van der Waals surface area contributed by atoms with Gasteiger partial charge in [0, 0.05) is 35.3 Å². The maximum atomic E-state index is 12.7. The lowest BCUT2D eigenvalue weighted by Gasteiger charge is -2.26. The van der Waals surface area contributed by atoms with Crippen LogP contribution in [0.4, 0.5) is 11.4 Å². The molecule has 2 amide bonds. The molecule has 1 aromatic carbocycles. The second-order valence-electron chi connectivity index (χ2n) is 7.61. The maximum Gasteiger partial charge on any atom is 0.272 e. The molecule has 0 bridgehead atoms. The molecule has 152 valence electrons. The number of amides is 2. The van der Waals surface area contributed by atoms with Gasteiger partial charge >= 0.3 is 0 Å². The first-order chi connectivity index (χ1) is 14.0. The number of rotatable bonds is 5. The molecule has 4 rings (SSSR count). The molecular formula is C22H26N4O2S. The van der Waals surface area contributed by atoms with Crippen molar-refractivity contribution in [1.82, 2.24) is 9.88 Å². The number of aryl methyl sites for hydroxylation is 1. The average Bonchev–Trinajstić information content (AvgIpc) is 3.23. The zero-order valence-electron chi connectivity index (χ0n) is 16.8. The van der Waals surface area contributed by atoms with Gasteiger partial charge in [-0.25, -0.2) is 0 Å². The van der Waals surface area contributed by atoms with Crippen molar-refractivity contribution in [1.29, 1.82) is 0 Å². The number of H-pyrrole nitrogens is 1. The van der Waals surface area contributed by atoms with Crippen molar-refractivity contribution in [3.63, 3.8) is 0 Å². The number of likely N-dealkylation sites (tertiary alicyclic amines) is 1. The summed E-state index contributed by atoms with van der Waals surface area (Å²) >= 11 is 1.74. The molecule has 1 fully saturated rings. The van der Waals surface area contributed by atoms with Crippen LogP contribution in [0.3, 0.4) is 0 Å². The van der Waals surface area contributed by atoms with E-state index in [-0.39, 0.29) is 11.8 Å². The molecule has 0 radical (unpaired) electrons. The Morgan fingerprint density at radius 2 is 1.72 bits per heavy atom. The second kappa shape index (κ2) is 8.39. The molecule has 0 spiro atoms.